The second kappa shape index (κ2) is 8.83. The normalized spacial score (nSPS) is 14.0. The number of imidazole rings is 1. The quantitative estimate of drug-likeness (QED) is 0.420. The van der Waals surface area contributed by atoms with Crippen molar-refractivity contribution in [2.24, 2.45) is 0 Å². The number of benzene rings is 2. The number of hydrogen-bond acceptors (Lipinski definition) is 7. The van der Waals surface area contributed by atoms with Gasteiger partial charge in [0.2, 0.25) is 11.7 Å². The lowest BCUT2D eigenvalue weighted by Crippen LogP contribution is -2.50. The number of carbonyl (C=O) groups is 2. The first-order valence-electron chi connectivity index (χ1n) is 11.3. The number of ether oxygens (including phenoxy) is 2. The fraction of sp³-hybridized carbons (Fsp3) is 0.269. The number of carbonyl (C=O) groups excluding carboxylic acids is 2. The lowest BCUT2D eigenvalue weighted by molar-refractivity contribution is 0.00763. The van der Waals surface area contributed by atoms with E-state index in [1.165, 1.54) is 0 Å². The summed E-state index contributed by atoms with van der Waals surface area (Å²) in [5, 5.41) is 0. The van der Waals surface area contributed by atoms with E-state index in [1.807, 2.05) is 45.0 Å². The third-order valence-corrected chi connectivity index (χ3v) is 5.55. The van der Waals surface area contributed by atoms with Crippen LogP contribution in [-0.4, -0.2) is 55.4 Å². The van der Waals surface area contributed by atoms with Gasteiger partial charge in [-0.1, -0.05) is 12.1 Å². The van der Waals surface area contributed by atoms with Gasteiger partial charge in [-0.2, -0.15) is 0 Å². The minimum absolute atomic E-state index is 0.000143. The maximum absolute atomic E-state index is 12.8. The molecule has 1 amide bonds. The maximum atomic E-state index is 12.8. The minimum Gasteiger partial charge on any atom is -0.444 e. The molecule has 2 aromatic heterocycles. The molecule has 0 atom stereocenters. The molecule has 35 heavy (non-hydrogen) atoms. The van der Waals surface area contributed by atoms with E-state index < -0.39 is 5.60 Å². The number of aromatic amines is 1. The van der Waals surface area contributed by atoms with E-state index >= 15 is 0 Å². The molecule has 1 N–H and O–H groups in total. The Labute approximate surface area is 202 Å². The summed E-state index contributed by atoms with van der Waals surface area (Å²) in [5.41, 5.74) is 2.18. The van der Waals surface area contributed by atoms with Gasteiger partial charge >= 0.3 is 6.09 Å². The number of para-hydroxylation sites is 2. The Morgan fingerprint density at radius 2 is 1.71 bits per heavy atom. The van der Waals surface area contributed by atoms with E-state index in [9.17, 15) is 9.59 Å². The summed E-state index contributed by atoms with van der Waals surface area (Å²) in [6.07, 6.45) is 2.82. The van der Waals surface area contributed by atoms with Crippen LogP contribution < -0.4 is 4.74 Å². The Morgan fingerprint density at radius 1 is 1.00 bits per heavy atom. The second-order valence-corrected chi connectivity index (χ2v) is 9.39. The SMILES string of the molecule is CC(C)(C)OC(=O)N1CC(c2nccnc2Oc2ccc(C(=O)c3nc4ccccc4[nH]3)cc2)C1. The molecule has 0 bridgehead atoms. The van der Waals surface area contributed by atoms with Gasteiger partial charge in [0.15, 0.2) is 5.82 Å². The van der Waals surface area contributed by atoms with Crippen LogP contribution in [0.4, 0.5) is 4.79 Å². The van der Waals surface area contributed by atoms with Gasteiger partial charge in [-0.3, -0.25) is 9.78 Å². The fourth-order valence-electron chi connectivity index (χ4n) is 3.80. The number of H-pyrrole nitrogens is 1. The molecule has 3 heterocycles. The summed E-state index contributed by atoms with van der Waals surface area (Å²) in [7, 11) is 0. The molecule has 0 saturated carbocycles. The molecule has 1 aliphatic rings. The third-order valence-electron chi connectivity index (χ3n) is 5.55. The van der Waals surface area contributed by atoms with Crippen LogP contribution in [0.15, 0.2) is 60.9 Å². The topological polar surface area (TPSA) is 110 Å². The van der Waals surface area contributed by atoms with Gasteiger partial charge in [0.25, 0.3) is 0 Å². The Bertz CT molecular complexity index is 1350. The number of nitrogens with zero attached hydrogens (tertiary/aromatic N) is 4. The van der Waals surface area contributed by atoms with Gasteiger partial charge in [-0.05, 0) is 57.2 Å². The average Bonchev–Trinajstić information content (AvgIpc) is 3.22. The highest BCUT2D eigenvalue weighted by Gasteiger charge is 2.37. The second-order valence-electron chi connectivity index (χ2n) is 9.39. The maximum Gasteiger partial charge on any atom is 0.410 e. The summed E-state index contributed by atoms with van der Waals surface area (Å²) in [6, 6.07) is 14.3. The number of aromatic nitrogens is 4. The summed E-state index contributed by atoms with van der Waals surface area (Å²) in [5.74, 6) is 0.981. The number of rotatable bonds is 5. The molecule has 9 heteroatoms. The van der Waals surface area contributed by atoms with E-state index in [0.717, 1.165) is 11.0 Å². The van der Waals surface area contributed by atoms with Crippen molar-refractivity contribution in [1.29, 1.82) is 0 Å². The molecule has 9 nitrogen and oxygen atoms in total. The smallest absolute Gasteiger partial charge is 0.410 e. The van der Waals surface area contributed by atoms with E-state index in [-0.39, 0.29) is 23.6 Å². The zero-order chi connectivity index (χ0) is 24.6. The van der Waals surface area contributed by atoms with Crippen LogP contribution >= 0.6 is 0 Å². The van der Waals surface area contributed by atoms with E-state index in [2.05, 4.69) is 19.9 Å². The molecule has 1 fully saturated rings. The van der Waals surface area contributed by atoms with Gasteiger partial charge in [0.1, 0.15) is 17.0 Å². The highest BCUT2D eigenvalue weighted by molar-refractivity contribution is 6.08. The first kappa shape index (κ1) is 22.5. The zero-order valence-corrected chi connectivity index (χ0v) is 19.7. The van der Waals surface area contributed by atoms with Gasteiger partial charge in [-0.25, -0.2) is 14.8 Å². The summed E-state index contributed by atoms with van der Waals surface area (Å²) in [6.45, 7) is 6.48. The lowest BCUT2D eigenvalue weighted by Gasteiger charge is -2.39. The van der Waals surface area contributed by atoms with Crippen molar-refractivity contribution in [2.75, 3.05) is 13.1 Å². The molecule has 0 aliphatic carbocycles. The largest absolute Gasteiger partial charge is 0.444 e. The van der Waals surface area contributed by atoms with Crippen molar-refractivity contribution >= 4 is 22.9 Å². The predicted molar refractivity (Wildman–Crippen MR) is 129 cm³/mol. The van der Waals surface area contributed by atoms with Crippen LogP contribution in [0.3, 0.4) is 0 Å². The third kappa shape index (κ3) is 4.84. The average molecular weight is 472 g/mol. The molecule has 0 unspecified atom stereocenters. The van der Waals surface area contributed by atoms with Crippen LogP contribution in [0.2, 0.25) is 0 Å². The molecule has 2 aromatic carbocycles. The number of amides is 1. The molecule has 0 radical (unpaired) electrons. The molecule has 5 rings (SSSR count). The minimum atomic E-state index is -0.541. The van der Waals surface area contributed by atoms with E-state index in [1.54, 1.807) is 41.6 Å². The van der Waals surface area contributed by atoms with Crippen LogP contribution in [0.5, 0.6) is 11.6 Å². The summed E-state index contributed by atoms with van der Waals surface area (Å²) >= 11 is 0. The Morgan fingerprint density at radius 3 is 2.43 bits per heavy atom. The Kier molecular flexibility index (Phi) is 5.68. The van der Waals surface area contributed by atoms with Crippen molar-refractivity contribution in [1.82, 2.24) is 24.8 Å². The molecular weight excluding hydrogens is 446 g/mol. The Balaban J connectivity index is 1.26. The molecule has 178 valence electrons. The van der Waals surface area contributed by atoms with Gasteiger partial charge in [-0.15, -0.1) is 0 Å². The van der Waals surface area contributed by atoms with Crippen LogP contribution in [-0.2, 0) is 4.74 Å². The van der Waals surface area contributed by atoms with Crippen molar-refractivity contribution in [3.05, 3.63) is 78.0 Å². The standard InChI is InChI=1S/C26H25N5O4/c1-26(2,3)35-25(33)31-14-17(15-31)21-24(28-13-12-27-21)34-18-10-8-16(9-11-18)22(32)23-29-19-6-4-5-7-20(19)30-23/h4-13,17H,14-15H2,1-3H3,(H,29,30). The number of fused-ring (bicyclic) bond motifs is 1. The molecule has 1 aliphatic heterocycles. The first-order valence-corrected chi connectivity index (χ1v) is 11.3. The van der Waals surface area contributed by atoms with Crippen molar-refractivity contribution in [3.8, 4) is 11.6 Å². The first-order chi connectivity index (χ1) is 16.8. The van der Waals surface area contributed by atoms with Crippen LogP contribution in [0.1, 0.15) is 48.6 Å². The van der Waals surface area contributed by atoms with E-state index in [4.69, 9.17) is 9.47 Å². The monoisotopic (exact) mass is 471 g/mol. The van der Waals surface area contributed by atoms with Gasteiger partial charge < -0.3 is 19.4 Å². The fourth-order valence-corrected chi connectivity index (χ4v) is 3.80. The molecular formula is C26H25N5O4. The zero-order valence-electron chi connectivity index (χ0n) is 19.7. The van der Waals surface area contributed by atoms with Crippen molar-refractivity contribution in [2.45, 2.75) is 32.3 Å². The van der Waals surface area contributed by atoms with E-state index in [0.29, 0.717) is 36.0 Å². The summed E-state index contributed by atoms with van der Waals surface area (Å²) < 4.78 is 11.4. The van der Waals surface area contributed by atoms with Gasteiger partial charge in [0.05, 0.1) is 11.0 Å². The summed E-state index contributed by atoms with van der Waals surface area (Å²) in [4.78, 5) is 42.9. The van der Waals surface area contributed by atoms with Crippen molar-refractivity contribution in [3.63, 3.8) is 0 Å². The van der Waals surface area contributed by atoms with Crippen LogP contribution in [0.25, 0.3) is 11.0 Å². The predicted octanol–water partition coefficient (Wildman–Crippen LogP) is 4.71. The number of likely N-dealkylation sites (tertiary alicyclic amines) is 1. The molecule has 0 spiro atoms. The number of nitrogens with one attached hydrogen (secondary N) is 1. The lowest BCUT2D eigenvalue weighted by atomic mass is 9.97. The van der Waals surface area contributed by atoms with Crippen LogP contribution in [0, 0.1) is 0 Å². The highest BCUT2D eigenvalue weighted by atomic mass is 16.6. The Hall–Kier alpha value is -4.27. The highest BCUT2D eigenvalue weighted by Crippen LogP contribution is 2.33. The van der Waals surface area contributed by atoms with Crippen molar-refractivity contribution < 1.29 is 19.1 Å². The van der Waals surface area contributed by atoms with Gasteiger partial charge in [0, 0.05) is 37.0 Å². The molecule has 1 saturated heterocycles. The molecule has 4 aromatic rings. The number of ketones is 1. The number of hydrogen-bond donors (Lipinski definition) is 1.